The van der Waals surface area contributed by atoms with Crippen LogP contribution in [-0.4, -0.2) is 7.05 Å². The van der Waals surface area contributed by atoms with Crippen molar-refractivity contribution in [3.8, 4) is 11.1 Å². The van der Waals surface area contributed by atoms with Crippen LogP contribution < -0.4 is 5.32 Å². The summed E-state index contributed by atoms with van der Waals surface area (Å²) in [5.41, 5.74) is 2.40. The first-order chi connectivity index (χ1) is 7.72. The molecule has 0 saturated carbocycles. The highest BCUT2D eigenvalue weighted by Crippen LogP contribution is 2.26. The summed E-state index contributed by atoms with van der Waals surface area (Å²) in [6.07, 6.45) is 3.09. The first kappa shape index (κ1) is 10.9. The molecular formula is C13H14FNO. The number of nitrogens with one attached hydrogen (secondary N) is 1. The van der Waals surface area contributed by atoms with Gasteiger partial charge in [-0.25, -0.2) is 4.39 Å². The van der Waals surface area contributed by atoms with E-state index in [0.717, 1.165) is 11.1 Å². The maximum absolute atomic E-state index is 13.6. The molecule has 1 atom stereocenters. The van der Waals surface area contributed by atoms with Crippen LogP contribution in [-0.2, 0) is 0 Å². The molecule has 0 radical (unpaired) electrons. The molecule has 2 aromatic rings. The van der Waals surface area contributed by atoms with Crippen LogP contribution in [0.3, 0.4) is 0 Å². The van der Waals surface area contributed by atoms with Crippen molar-refractivity contribution in [1.29, 1.82) is 0 Å². The normalized spacial score (nSPS) is 12.7. The first-order valence-electron chi connectivity index (χ1n) is 5.21. The molecule has 16 heavy (non-hydrogen) atoms. The summed E-state index contributed by atoms with van der Waals surface area (Å²) in [6, 6.07) is 7.09. The zero-order chi connectivity index (χ0) is 11.5. The summed E-state index contributed by atoms with van der Waals surface area (Å²) in [6.45, 7) is 2.03. The van der Waals surface area contributed by atoms with Gasteiger partial charge in [0, 0.05) is 17.2 Å². The highest BCUT2D eigenvalue weighted by molar-refractivity contribution is 5.63. The topological polar surface area (TPSA) is 25.2 Å². The second-order valence-corrected chi connectivity index (χ2v) is 3.76. The molecule has 0 aliphatic heterocycles. The van der Waals surface area contributed by atoms with Gasteiger partial charge in [-0.05, 0) is 37.7 Å². The van der Waals surface area contributed by atoms with Crippen molar-refractivity contribution in [2.45, 2.75) is 13.0 Å². The Balaban J connectivity index is 2.45. The highest BCUT2D eigenvalue weighted by Gasteiger charge is 2.10. The van der Waals surface area contributed by atoms with Crippen LogP contribution in [0.5, 0.6) is 0 Å². The molecule has 1 aromatic heterocycles. The number of hydrogen-bond acceptors (Lipinski definition) is 2. The molecule has 0 aliphatic carbocycles. The predicted octanol–water partition coefficient (Wildman–Crippen LogP) is 3.37. The Morgan fingerprint density at radius 3 is 2.75 bits per heavy atom. The second-order valence-electron chi connectivity index (χ2n) is 3.76. The molecule has 0 bridgehead atoms. The summed E-state index contributed by atoms with van der Waals surface area (Å²) in [5.74, 6) is -0.228. The Bertz CT molecular complexity index is 465. The van der Waals surface area contributed by atoms with Crippen LogP contribution >= 0.6 is 0 Å². The van der Waals surface area contributed by atoms with Gasteiger partial charge in [0.05, 0.1) is 12.5 Å². The molecule has 2 rings (SSSR count). The van der Waals surface area contributed by atoms with Gasteiger partial charge in [0.25, 0.3) is 0 Å². The SMILES string of the molecule is CNC(C)c1ccc(F)c(-c2ccoc2)c1. The van der Waals surface area contributed by atoms with E-state index in [0.29, 0.717) is 5.56 Å². The summed E-state index contributed by atoms with van der Waals surface area (Å²) >= 11 is 0. The van der Waals surface area contributed by atoms with E-state index in [1.54, 1.807) is 24.7 Å². The van der Waals surface area contributed by atoms with E-state index < -0.39 is 0 Å². The molecule has 0 spiro atoms. The third kappa shape index (κ3) is 1.99. The third-order valence-corrected chi connectivity index (χ3v) is 2.76. The molecule has 0 saturated heterocycles. The second kappa shape index (κ2) is 4.49. The minimum atomic E-state index is -0.228. The zero-order valence-corrected chi connectivity index (χ0v) is 9.33. The Hall–Kier alpha value is -1.61. The average Bonchev–Trinajstić information content (AvgIpc) is 2.82. The average molecular weight is 219 g/mol. The molecule has 84 valence electrons. The fourth-order valence-electron chi connectivity index (χ4n) is 1.62. The van der Waals surface area contributed by atoms with Crippen molar-refractivity contribution < 1.29 is 8.81 Å². The van der Waals surface area contributed by atoms with E-state index in [1.165, 1.54) is 6.07 Å². The zero-order valence-electron chi connectivity index (χ0n) is 9.33. The van der Waals surface area contributed by atoms with Gasteiger partial charge in [0.2, 0.25) is 0 Å². The predicted molar refractivity (Wildman–Crippen MR) is 61.6 cm³/mol. The number of furan rings is 1. The summed E-state index contributed by atoms with van der Waals surface area (Å²) in [4.78, 5) is 0. The van der Waals surface area contributed by atoms with Gasteiger partial charge in [-0.3, -0.25) is 0 Å². The van der Waals surface area contributed by atoms with Crippen LogP contribution in [0.4, 0.5) is 4.39 Å². The number of rotatable bonds is 3. The largest absolute Gasteiger partial charge is 0.472 e. The van der Waals surface area contributed by atoms with Crippen LogP contribution in [0, 0.1) is 5.82 Å². The first-order valence-corrected chi connectivity index (χ1v) is 5.21. The van der Waals surface area contributed by atoms with Crippen molar-refractivity contribution in [2.75, 3.05) is 7.05 Å². The monoisotopic (exact) mass is 219 g/mol. The van der Waals surface area contributed by atoms with Crippen LogP contribution in [0.15, 0.2) is 41.2 Å². The van der Waals surface area contributed by atoms with E-state index in [1.807, 2.05) is 20.0 Å². The Labute approximate surface area is 94.1 Å². The third-order valence-electron chi connectivity index (χ3n) is 2.76. The van der Waals surface area contributed by atoms with E-state index >= 15 is 0 Å². The smallest absolute Gasteiger partial charge is 0.131 e. The number of hydrogen-bond donors (Lipinski definition) is 1. The minimum absolute atomic E-state index is 0.200. The maximum atomic E-state index is 13.6. The maximum Gasteiger partial charge on any atom is 0.131 e. The molecule has 2 nitrogen and oxygen atoms in total. The van der Waals surface area contributed by atoms with Crippen molar-refractivity contribution in [3.63, 3.8) is 0 Å². The van der Waals surface area contributed by atoms with Crippen molar-refractivity contribution >= 4 is 0 Å². The van der Waals surface area contributed by atoms with Gasteiger partial charge in [-0.1, -0.05) is 6.07 Å². The van der Waals surface area contributed by atoms with Gasteiger partial charge in [-0.2, -0.15) is 0 Å². The molecular weight excluding hydrogens is 205 g/mol. The lowest BCUT2D eigenvalue weighted by molar-refractivity contribution is 0.567. The van der Waals surface area contributed by atoms with Crippen molar-refractivity contribution in [1.82, 2.24) is 5.32 Å². The van der Waals surface area contributed by atoms with Crippen molar-refractivity contribution in [3.05, 3.63) is 48.2 Å². The molecule has 0 aliphatic rings. The summed E-state index contributed by atoms with van der Waals surface area (Å²) < 4.78 is 18.6. The molecule has 1 heterocycles. The lowest BCUT2D eigenvalue weighted by Crippen LogP contribution is -2.12. The van der Waals surface area contributed by atoms with Crippen molar-refractivity contribution in [2.24, 2.45) is 0 Å². The fraction of sp³-hybridized carbons (Fsp3) is 0.231. The Morgan fingerprint density at radius 2 is 2.12 bits per heavy atom. The summed E-state index contributed by atoms with van der Waals surface area (Å²) in [5, 5.41) is 3.13. The van der Waals surface area contributed by atoms with Crippen LogP contribution in [0.2, 0.25) is 0 Å². The Morgan fingerprint density at radius 1 is 1.31 bits per heavy atom. The van der Waals surface area contributed by atoms with Gasteiger partial charge < -0.3 is 9.73 Å². The molecule has 0 fully saturated rings. The number of halogens is 1. The van der Waals surface area contributed by atoms with Gasteiger partial charge in [0.1, 0.15) is 5.82 Å². The van der Waals surface area contributed by atoms with E-state index in [4.69, 9.17) is 4.42 Å². The van der Waals surface area contributed by atoms with Gasteiger partial charge in [0.15, 0.2) is 0 Å². The lowest BCUT2D eigenvalue weighted by Gasteiger charge is -2.12. The van der Waals surface area contributed by atoms with Crippen LogP contribution in [0.25, 0.3) is 11.1 Å². The fourth-order valence-corrected chi connectivity index (χ4v) is 1.62. The highest BCUT2D eigenvalue weighted by atomic mass is 19.1. The van der Waals surface area contributed by atoms with E-state index in [-0.39, 0.29) is 11.9 Å². The minimum Gasteiger partial charge on any atom is -0.472 e. The summed E-state index contributed by atoms with van der Waals surface area (Å²) in [7, 11) is 1.88. The number of benzene rings is 1. The standard InChI is InChI=1S/C13H14FNO/c1-9(15-2)10-3-4-13(14)12(7-10)11-5-6-16-8-11/h3-9,15H,1-2H3. The molecule has 1 aromatic carbocycles. The van der Waals surface area contributed by atoms with Gasteiger partial charge in [-0.15, -0.1) is 0 Å². The molecule has 0 amide bonds. The molecule has 3 heteroatoms. The lowest BCUT2D eigenvalue weighted by atomic mass is 10.0. The molecule has 1 N–H and O–H groups in total. The van der Waals surface area contributed by atoms with E-state index in [9.17, 15) is 4.39 Å². The quantitative estimate of drug-likeness (QED) is 0.856. The molecule has 1 unspecified atom stereocenters. The van der Waals surface area contributed by atoms with E-state index in [2.05, 4.69) is 5.32 Å². The Kier molecular flexibility index (Phi) is 3.06. The van der Waals surface area contributed by atoms with Gasteiger partial charge >= 0.3 is 0 Å². The van der Waals surface area contributed by atoms with Crippen LogP contribution in [0.1, 0.15) is 18.5 Å².